The molecule has 1 N–H and O–H groups in total. The summed E-state index contributed by atoms with van der Waals surface area (Å²) in [5, 5.41) is 10.8. The molecule has 0 amide bonds. The van der Waals surface area contributed by atoms with Crippen molar-refractivity contribution in [3.8, 4) is 27.6 Å². The van der Waals surface area contributed by atoms with Gasteiger partial charge in [0, 0.05) is 37.3 Å². The molecular formula is C37H45N5O3S. The zero-order valence-electron chi connectivity index (χ0n) is 27.5. The molecule has 1 saturated heterocycles. The third kappa shape index (κ3) is 6.11. The van der Waals surface area contributed by atoms with Crippen LogP contribution in [0.15, 0.2) is 36.7 Å². The Balaban J connectivity index is 1.38. The molecule has 0 spiro atoms. The van der Waals surface area contributed by atoms with E-state index in [9.17, 15) is 9.90 Å². The summed E-state index contributed by atoms with van der Waals surface area (Å²) in [6.45, 7) is 12.7. The first-order valence-electron chi connectivity index (χ1n) is 17.0. The molecule has 7 rings (SSSR count). The van der Waals surface area contributed by atoms with E-state index in [2.05, 4.69) is 53.8 Å². The molecule has 46 heavy (non-hydrogen) atoms. The minimum atomic E-state index is -0.835. The van der Waals surface area contributed by atoms with Crippen molar-refractivity contribution in [1.82, 2.24) is 19.9 Å². The molecule has 2 aromatic heterocycles. The third-order valence-corrected chi connectivity index (χ3v) is 11.5. The number of ether oxygens (including phenoxy) is 1. The first-order chi connectivity index (χ1) is 22.2. The lowest BCUT2D eigenvalue weighted by Crippen LogP contribution is -2.55. The van der Waals surface area contributed by atoms with Crippen LogP contribution in [0.4, 0.5) is 5.82 Å². The predicted octanol–water partition coefficient (Wildman–Crippen LogP) is 7.72. The number of thiazole rings is 1. The SMILES string of the molecule is Cc1cc2nc3sc2c(c1CC(=O)O)-c1ccc2c(c1)C(CCCCC(C)CC1CN(C(C)C)CCN1c1cncc-3n1)CCO2. The van der Waals surface area contributed by atoms with E-state index >= 15 is 0 Å². The van der Waals surface area contributed by atoms with Gasteiger partial charge in [-0.15, -0.1) is 11.3 Å². The average molecular weight is 640 g/mol. The van der Waals surface area contributed by atoms with E-state index in [0.29, 0.717) is 23.9 Å². The molecule has 3 unspecified atom stereocenters. The number of nitrogens with zero attached hydrogens (tertiary/aromatic N) is 5. The topological polar surface area (TPSA) is 91.7 Å². The van der Waals surface area contributed by atoms with Gasteiger partial charge in [-0.2, -0.15) is 0 Å². The molecule has 242 valence electrons. The van der Waals surface area contributed by atoms with Crippen LogP contribution in [0, 0.1) is 12.8 Å². The van der Waals surface area contributed by atoms with Gasteiger partial charge in [0.2, 0.25) is 0 Å². The van der Waals surface area contributed by atoms with Crippen LogP contribution >= 0.6 is 11.3 Å². The van der Waals surface area contributed by atoms with E-state index in [4.69, 9.17) is 14.7 Å². The molecule has 3 aliphatic rings. The van der Waals surface area contributed by atoms with Crippen LogP contribution in [-0.4, -0.2) is 69.3 Å². The fraction of sp³-hybridized carbons (Fsp3) is 0.514. The normalized spacial score (nSPS) is 22.2. The van der Waals surface area contributed by atoms with Gasteiger partial charge in [0.25, 0.3) is 0 Å². The molecule has 0 saturated carbocycles. The molecule has 3 aliphatic heterocycles. The van der Waals surface area contributed by atoms with Crippen molar-refractivity contribution in [2.24, 2.45) is 5.92 Å². The Bertz CT molecular complexity index is 1750. The Kier molecular flexibility index (Phi) is 8.72. The fourth-order valence-electron chi connectivity index (χ4n) is 7.86. The average Bonchev–Trinajstić information content (AvgIpc) is 3.46. The van der Waals surface area contributed by atoms with Gasteiger partial charge < -0.3 is 14.7 Å². The Morgan fingerprint density at radius 2 is 1.96 bits per heavy atom. The molecule has 6 bridgehead atoms. The second-order valence-corrected chi connectivity index (χ2v) is 14.9. The molecule has 0 aliphatic carbocycles. The molecule has 5 heterocycles. The summed E-state index contributed by atoms with van der Waals surface area (Å²) in [7, 11) is 0. The number of aliphatic carboxylic acids is 1. The van der Waals surface area contributed by atoms with Crippen molar-refractivity contribution in [1.29, 1.82) is 0 Å². The Morgan fingerprint density at radius 3 is 2.78 bits per heavy atom. The van der Waals surface area contributed by atoms with Gasteiger partial charge in [0.1, 0.15) is 22.3 Å². The smallest absolute Gasteiger partial charge is 0.307 e. The lowest BCUT2D eigenvalue weighted by atomic mass is 9.84. The number of anilines is 1. The van der Waals surface area contributed by atoms with Crippen molar-refractivity contribution in [2.45, 2.75) is 90.6 Å². The minimum Gasteiger partial charge on any atom is -0.493 e. The molecule has 3 atom stereocenters. The Labute approximate surface area is 275 Å². The Hall–Kier alpha value is -3.56. The number of benzene rings is 2. The molecule has 0 radical (unpaired) electrons. The van der Waals surface area contributed by atoms with Crippen molar-refractivity contribution in [3.63, 3.8) is 0 Å². The summed E-state index contributed by atoms with van der Waals surface area (Å²) in [6, 6.07) is 9.39. The van der Waals surface area contributed by atoms with Crippen LogP contribution in [0.25, 0.3) is 32.0 Å². The van der Waals surface area contributed by atoms with E-state index in [-0.39, 0.29) is 6.42 Å². The molecule has 8 nitrogen and oxygen atoms in total. The molecule has 2 aromatic carbocycles. The monoisotopic (exact) mass is 639 g/mol. The number of hydrogen-bond donors (Lipinski definition) is 1. The number of fused-ring (bicyclic) bond motifs is 8. The number of carboxylic acids is 1. The maximum atomic E-state index is 12.1. The number of aromatic nitrogens is 3. The number of piperazine rings is 1. The largest absolute Gasteiger partial charge is 0.493 e. The van der Waals surface area contributed by atoms with Crippen LogP contribution in [0.2, 0.25) is 0 Å². The van der Waals surface area contributed by atoms with E-state index in [1.807, 2.05) is 25.4 Å². The van der Waals surface area contributed by atoms with E-state index in [0.717, 1.165) is 100 Å². The quantitative estimate of drug-likeness (QED) is 0.244. The van der Waals surface area contributed by atoms with Gasteiger partial charge in [-0.25, -0.2) is 9.97 Å². The van der Waals surface area contributed by atoms with Crippen LogP contribution in [0.5, 0.6) is 5.75 Å². The molecule has 4 aromatic rings. The summed E-state index contributed by atoms with van der Waals surface area (Å²) >= 11 is 1.59. The van der Waals surface area contributed by atoms with Gasteiger partial charge in [-0.3, -0.25) is 14.7 Å². The van der Waals surface area contributed by atoms with Crippen LogP contribution in [0.3, 0.4) is 0 Å². The van der Waals surface area contributed by atoms with Gasteiger partial charge in [-0.1, -0.05) is 32.3 Å². The first-order valence-corrected chi connectivity index (χ1v) is 17.8. The fourth-order valence-corrected chi connectivity index (χ4v) is 8.96. The zero-order valence-corrected chi connectivity index (χ0v) is 28.3. The second kappa shape index (κ2) is 12.9. The molecule has 1 fully saturated rings. The number of carboxylic acid groups (broad SMARTS) is 1. The number of hydrogen-bond acceptors (Lipinski definition) is 8. The zero-order chi connectivity index (χ0) is 31.9. The van der Waals surface area contributed by atoms with Crippen molar-refractivity contribution < 1.29 is 14.6 Å². The van der Waals surface area contributed by atoms with E-state index in [1.54, 1.807) is 11.3 Å². The number of rotatable bonds is 3. The maximum absolute atomic E-state index is 12.1. The molecular weight excluding hydrogens is 595 g/mol. The lowest BCUT2D eigenvalue weighted by molar-refractivity contribution is -0.136. The van der Waals surface area contributed by atoms with Gasteiger partial charge in [0.15, 0.2) is 0 Å². The number of aryl methyl sites for hydroxylation is 1. The Morgan fingerprint density at radius 1 is 1.11 bits per heavy atom. The van der Waals surface area contributed by atoms with Crippen LogP contribution in [-0.2, 0) is 11.2 Å². The van der Waals surface area contributed by atoms with Gasteiger partial charge >= 0.3 is 5.97 Å². The van der Waals surface area contributed by atoms with Crippen molar-refractivity contribution in [2.75, 3.05) is 31.1 Å². The summed E-state index contributed by atoms with van der Waals surface area (Å²) in [4.78, 5) is 32.2. The van der Waals surface area contributed by atoms with Gasteiger partial charge in [-0.05, 0) is 92.3 Å². The highest BCUT2D eigenvalue weighted by molar-refractivity contribution is 7.22. The highest BCUT2D eigenvalue weighted by Crippen LogP contribution is 2.45. The highest BCUT2D eigenvalue weighted by atomic mass is 32.1. The summed E-state index contributed by atoms with van der Waals surface area (Å²) in [5.41, 5.74) is 6.66. The summed E-state index contributed by atoms with van der Waals surface area (Å²) in [5.74, 6) is 2.10. The van der Waals surface area contributed by atoms with Crippen molar-refractivity contribution in [3.05, 3.63) is 53.3 Å². The minimum absolute atomic E-state index is 0.0431. The summed E-state index contributed by atoms with van der Waals surface area (Å²) in [6.07, 6.45) is 10.6. The molecule has 9 heteroatoms. The third-order valence-electron chi connectivity index (χ3n) is 10.4. The second-order valence-electron chi connectivity index (χ2n) is 13.9. The lowest BCUT2D eigenvalue weighted by Gasteiger charge is -2.44. The van der Waals surface area contributed by atoms with E-state index < -0.39 is 5.97 Å². The van der Waals surface area contributed by atoms with Crippen LogP contribution in [0.1, 0.15) is 81.9 Å². The van der Waals surface area contributed by atoms with Crippen molar-refractivity contribution >= 4 is 33.3 Å². The maximum Gasteiger partial charge on any atom is 0.307 e. The van der Waals surface area contributed by atoms with E-state index in [1.165, 1.54) is 24.8 Å². The van der Waals surface area contributed by atoms with Gasteiger partial charge in [0.05, 0.1) is 35.6 Å². The first kappa shape index (κ1) is 31.1. The number of carbonyl (C=O) groups is 1. The standard InChI is InChI=1S/C37H45N5O3S/c1-22(2)41-12-13-42-27(21-41)15-23(3)7-5-6-8-25-11-14-45-32-10-9-26(17-29(25)32)35-28(18-34(43)44)24(4)16-30-36(35)46-37(40-30)31-19-38-20-33(42)39-31/h9-10,16-17,19-20,22-23,25,27H,5-8,11-15,18,21H2,1-4H3,(H,43,44). The summed E-state index contributed by atoms with van der Waals surface area (Å²) < 4.78 is 7.14. The highest BCUT2D eigenvalue weighted by Gasteiger charge is 2.31. The predicted molar refractivity (Wildman–Crippen MR) is 185 cm³/mol. The van der Waals surface area contributed by atoms with Crippen LogP contribution < -0.4 is 9.64 Å².